The lowest BCUT2D eigenvalue weighted by atomic mass is 10.0. The number of nitrogens with one attached hydrogen (secondary N) is 1. The van der Waals surface area contributed by atoms with E-state index < -0.39 is 34.8 Å². The maximum atomic E-state index is 14.6. The number of pyridine rings is 1. The van der Waals surface area contributed by atoms with Crippen LogP contribution in [-0.4, -0.2) is 32.3 Å². The first-order valence-electron chi connectivity index (χ1n) is 9.83. The van der Waals surface area contributed by atoms with Gasteiger partial charge in [0.25, 0.3) is 5.56 Å². The summed E-state index contributed by atoms with van der Waals surface area (Å²) in [5.74, 6) is -2.26. The van der Waals surface area contributed by atoms with Gasteiger partial charge in [-0.3, -0.25) is 9.36 Å². The second-order valence-electron chi connectivity index (χ2n) is 7.40. The minimum Gasteiger partial charge on any atom is -0.392 e. The zero-order valence-corrected chi connectivity index (χ0v) is 17.2. The normalized spacial score (nSPS) is 11.8. The highest BCUT2D eigenvalue weighted by atomic mass is 19.1. The molecule has 33 heavy (non-hydrogen) atoms. The molecule has 1 atom stereocenters. The zero-order chi connectivity index (χ0) is 23.0. The van der Waals surface area contributed by atoms with Crippen molar-refractivity contribution in [2.24, 2.45) is 0 Å². The molecule has 6 nitrogen and oxygen atoms in total. The minimum atomic E-state index is -0.934. The van der Waals surface area contributed by atoms with Crippen LogP contribution in [0.25, 0.3) is 28.0 Å². The van der Waals surface area contributed by atoms with Crippen LogP contribution in [0.3, 0.4) is 0 Å². The predicted octanol–water partition coefficient (Wildman–Crippen LogP) is 4.60. The number of rotatable bonds is 5. The molecular formula is C24H23F3N4O2. The van der Waals surface area contributed by atoms with Gasteiger partial charge in [-0.15, -0.1) is 0 Å². The van der Waals surface area contributed by atoms with Gasteiger partial charge in [0.15, 0.2) is 5.65 Å². The fraction of sp³-hybridized carbons (Fsp3) is 0.208. The Balaban J connectivity index is 0.00000306. The average Bonchev–Trinajstić information content (AvgIpc) is 2.73. The summed E-state index contributed by atoms with van der Waals surface area (Å²) in [6, 6.07) is 10.0. The number of hydrogen-bond acceptors (Lipinski definition) is 5. The van der Waals surface area contributed by atoms with Gasteiger partial charge in [0.05, 0.1) is 11.8 Å². The summed E-state index contributed by atoms with van der Waals surface area (Å²) < 4.78 is 43.7. The second kappa shape index (κ2) is 9.41. The van der Waals surface area contributed by atoms with E-state index in [2.05, 4.69) is 15.3 Å². The molecule has 172 valence electrons. The SMILES string of the molecule is C.Cc1cc(F)ccc1-c1nc(NC[C@@H](C)O)nc2c1ccc(=O)n2-c1c(F)cccc1F. The van der Waals surface area contributed by atoms with Crippen LogP contribution in [-0.2, 0) is 0 Å². The minimum absolute atomic E-state index is 0. The summed E-state index contributed by atoms with van der Waals surface area (Å²) >= 11 is 0. The number of para-hydroxylation sites is 1. The van der Waals surface area contributed by atoms with Crippen LogP contribution in [0.5, 0.6) is 0 Å². The monoisotopic (exact) mass is 456 g/mol. The first kappa shape index (κ1) is 23.9. The first-order chi connectivity index (χ1) is 15.3. The number of aromatic nitrogens is 3. The number of anilines is 1. The van der Waals surface area contributed by atoms with Gasteiger partial charge < -0.3 is 10.4 Å². The summed E-state index contributed by atoms with van der Waals surface area (Å²) in [5.41, 5.74) is 0.169. The number of hydrogen-bond donors (Lipinski definition) is 2. The maximum Gasteiger partial charge on any atom is 0.256 e. The average molecular weight is 456 g/mol. The van der Waals surface area contributed by atoms with E-state index in [1.807, 2.05) is 0 Å². The van der Waals surface area contributed by atoms with E-state index in [1.54, 1.807) is 13.8 Å². The summed E-state index contributed by atoms with van der Waals surface area (Å²) in [7, 11) is 0. The third-order valence-corrected chi connectivity index (χ3v) is 4.91. The van der Waals surface area contributed by atoms with Crippen molar-refractivity contribution in [3.05, 3.63) is 81.9 Å². The molecule has 2 aromatic carbocycles. The lowest BCUT2D eigenvalue weighted by Gasteiger charge is -2.16. The van der Waals surface area contributed by atoms with Crippen LogP contribution >= 0.6 is 0 Å². The van der Waals surface area contributed by atoms with Crippen LogP contribution in [0.1, 0.15) is 19.9 Å². The van der Waals surface area contributed by atoms with Crippen LogP contribution in [0.4, 0.5) is 19.1 Å². The van der Waals surface area contributed by atoms with E-state index >= 15 is 0 Å². The maximum absolute atomic E-state index is 14.6. The molecule has 0 aliphatic heterocycles. The van der Waals surface area contributed by atoms with Crippen molar-refractivity contribution in [2.45, 2.75) is 27.4 Å². The van der Waals surface area contributed by atoms with Gasteiger partial charge in [-0.25, -0.2) is 18.2 Å². The molecule has 0 unspecified atom stereocenters. The molecule has 0 amide bonds. The number of fused-ring (bicyclic) bond motifs is 1. The van der Waals surface area contributed by atoms with Gasteiger partial charge in [-0.1, -0.05) is 13.5 Å². The number of aryl methyl sites for hydroxylation is 1. The Hall–Kier alpha value is -3.72. The Morgan fingerprint density at radius 1 is 1.06 bits per heavy atom. The molecule has 2 aromatic heterocycles. The third kappa shape index (κ3) is 4.58. The van der Waals surface area contributed by atoms with Crippen LogP contribution in [0.15, 0.2) is 53.3 Å². The number of aliphatic hydroxyl groups is 1. The van der Waals surface area contributed by atoms with Gasteiger partial charge in [-0.05, 0) is 55.8 Å². The van der Waals surface area contributed by atoms with Gasteiger partial charge >= 0.3 is 0 Å². The lowest BCUT2D eigenvalue weighted by Crippen LogP contribution is -2.22. The predicted molar refractivity (Wildman–Crippen MR) is 122 cm³/mol. The number of aliphatic hydroxyl groups excluding tert-OH is 1. The molecule has 0 radical (unpaired) electrons. The Morgan fingerprint density at radius 3 is 2.39 bits per heavy atom. The summed E-state index contributed by atoms with van der Waals surface area (Å²) in [6.45, 7) is 3.35. The zero-order valence-electron chi connectivity index (χ0n) is 17.2. The molecule has 4 aromatic rings. The van der Waals surface area contributed by atoms with Crippen molar-refractivity contribution >= 4 is 17.0 Å². The highest BCUT2D eigenvalue weighted by Crippen LogP contribution is 2.31. The Labute approximate surface area is 188 Å². The van der Waals surface area contributed by atoms with Gasteiger partial charge in [0, 0.05) is 23.6 Å². The van der Waals surface area contributed by atoms with E-state index in [-0.39, 0.29) is 25.6 Å². The fourth-order valence-corrected chi connectivity index (χ4v) is 3.45. The number of benzene rings is 2. The Bertz CT molecular complexity index is 1370. The van der Waals surface area contributed by atoms with E-state index in [0.717, 1.165) is 16.7 Å². The van der Waals surface area contributed by atoms with Crippen molar-refractivity contribution in [2.75, 3.05) is 11.9 Å². The van der Waals surface area contributed by atoms with E-state index in [0.29, 0.717) is 22.2 Å². The van der Waals surface area contributed by atoms with E-state index in [1.165, 1.54) is 36.4 Å². The largest absolute Gasteiger partial charge is 0.392 e. The van der Waals surface area contributed by atoms with Crippen LogP contribution in [0, 0.1) is 24.4 Å². The summed E-state index contributed by atoms with van der Waals surface area (Å²) in [6.07, 6.45) is -0.729. The third-order valence-electron chi connectivity index (χ3n) is 4.91. The molecular weight excluding hydrogens is 433 g/mol. The van der Waals surface area contributed by atoms with Crippen molar-refractivity contribution < 1.29 is 18.3 Å². The van der Waals surface area contributed by atoms with Gasteiger partial charge in [0.1, 0.15) is 23.1 Å². The van der Waals surface area contributed by atoms with Crippen molar-refractivity contribution in [1.82, 2.24) is 14.5 Å². The number of halogens is 3. The van der Waals surface area contributed by atoms with Crippen molar-refractivity contribution in [1.29, 1.82) is 0 Å². The molecule has 9 heteroatoms. The van der Waals surface area contributed by atoms with Crippen molar-refractivity contribution in [3.63, 3.8) is 0 Å². The molecule has 2 N–H and O–H groups in total. The molecule has 4 rings (SSSR count). The fourth-order valence-electron chi connectivity index (χ4n) is 3.45. The molecule has 0 fully saturated rings. The highest BCUT2D eigenvalue weighted by molar-refractivity contribution is 5.93. The molecule has 0 aliphatic carbocycles. The Morgan fingerprint density at radius 2 is 1.76 bits per heavy atom. The lowest BCUT2D eigenvalue weighted by molar-refractivity contribution is 0.208. The molecule has 0 bridgehead atoms. The topological polar surface area (TPSA) is 80.0 Å². The molecule has 0 aliphatic rings. The van der Waals surface area contributed by atoms with Crippen molar-refractivity contribution in [3.8, 4) is 16.9 Å². The highest BCUT2D eigenvalue weighted by Gasteiger charge is 2.20. The first-order valence-corrected chi connectivity index (χ1v) is 9.83. The molecule has 0 spiro atoms. The summed E-state index contributed by atoms with van der Waals surface area (Å²) in [4.78, 5) is 21.5. The smallest absolute Gasteiger partial charge is 0.256 e. The van der Waals surface area contributed by atoms with Crippen LogP contribution in [0.2, 0.25) is 0 Å². The molecule has 0 saturated carbocycles. The molecule has 0 saturated heterocycles. The van der Waals surface area contributed by atoms with E-state index in [4.69, 9.17) is 0 Å². The second-order valence-corrected chi connectivity index (χ2v) is 7.40. The number of nitrogens with zero attached hydrogens (tertiary/aromatic N) is 3. The quantitative estimate of drug-likeness (QED) is 0.459. The molecule has 2 heterocycles. The van der Waals surface area contributed by atoms with Gasteiger partial charge in [0.2, 0.25) is 5.95 Å². The van der Waals surface area contributed by atoms with E-state index in [9.17, 15) is 23.1 Å². The van der Waals surface area contributed by atoms with Crippen LogP contribution < -0.4 is 10.9 Å². The Kier molecular flexibility index (Phi) is 6.83. The van der Waals surface area contributed by atoms with Gasteiger partial charge in [-0.2, -0.15) is 4.98 Å². The summed E-state index contributed by atoms with van der Waals surface area (Å²) in [5, 5.41) is 12.8. The standard InChI is InChI=1S/C23H19F3N4O2.CH4/c1-12-10-14(24)6-7-15(12)20-16-8-9-19(32)30(21-17(25)4-3-5-18(21)26)22(16)29-23(28-20)27-11-13(2)31;/h3-10,13,31H,11H2,1-2H3,(H,27,28,29);1H4/t13-;/m1./s1.